The molecule has 0 aliphatic carbocycles. The Morgan fingerprint density at radius 2 is 1.67 bits per heavy atom. The van der Waals surface area contributed by atoms with E-state index in [4.69, 9.17) is 0 Å². The zero-order valence-electron chi connectivity index (χ0n) is 12.5. The molecule has 0 fully saturated rings. The third kappa shape index (κ3) is 3.03. The standard InChI is InChI=1S/C20H19N/c1-3-18-14-19-13-17(11-12-20(19)21-15(18)2)10-9-16-7-5-4-6-8-16/h4-14H,3H2,1-2H3/b10-9+. The first-order valence-corrected chi connectivity index (χ1v) is 7.39. The molecular weight excluding hydrogens is 254 g/mol. The Labute approximate surface area is 126 Å². The fourth-order valence-electron chi connectivity index (χ4n) is 2.55. The van der Waals surface area contributed by atoms with Gasteiger partial charge in [-0.2, -0.15) is 0 Å². The van der Waals surface area contributed by atoms with Crippen molar-refractivity contribution < 1.29 is 0 Å². The van der Waals surface area contributed by atoms with Crippen LogP contribution in [0.1, 0.15) is 29.3 Å². The molecule has 21 heavy (non-hydrogen) atoms. The van der Waals surface area contributed by atoms with Crippen molar-refractivity contribution in [1.29, 1.82) is 0 Å². The van der Waals surface area contributed by atoms with E-state index in [2.05, 4.69) is 79.5 Å². The van der Waals surface area contributed by atoms with E-state index in [1.807, 2.05) is 6.07 Å². The summed E-state index contributed by atoms with van der Waals surface area (Å²) in [6.45, 7) is 4.26. The van der Waals surface area contributed by atoms with Gasteiger partial charge >= 0.3 is 0 Å². The van der Waals surface area contributed by atoms with Crippen molar-refractivity contribution in [2.45, 2.75) is 20.3 Å². The van der Waals surface area contributed by atoms with Gasteiger partial charge in [0.25, 0.3) is 0 Å². The van der Waals surface area contributed by atoms with Gasteiger partial charge in [-0.05, 0) is 48.2 Å². The second-order valence-corrected chi connectivity index (χ2v) is 5.28. The predicted molar refractivity (Wildman–Crippen MR) is 91.2 cm³/mol. The van der Waals surface area contributed by atoms with Crippen LogP contribution in [-0.4, -0.2) is 4.98 Å². The Hall–Kier alpha value is -2.41. The maximum absolute atomic E-state index is 4.68. The second kappa shape index (κ2) is 5.92. The third-order valence-electron chi connectivity index (χ3n) is 3.78. The van der Waals surface area contributed by atoms with Gasteiger partial charge in [0.05, 0.1) is 5.52 Å². The van der Waals surface area contributed by atoms with Crippen LogP contribution >= 0.6 is 0 Å². The van der Waals surface area contributed by atoms with Crippen molar-refractivity contribution in [3.8, 4) is 0 Å². The van der Waals surface area contributed by atoms with Crippen molar-refractivity contribution in [3.05, 3.63) is 77.0 Å². The summed E-state index contributed by atoms with van der Waals surface area (Å²) in [7, 11) is 0. The van der Waals surface area contributed by atoms with Crippen molar-refractivity contribution >= 4 is 23.1 Å². The Balaban J connectivity index is 1.97. The normalized spacial score (nSPS) is 11.3. The van der Waals surface area contributed by atoms with Gasteiger partial charge in [0.15, 0.2) is 0 Å². The highest BCUT2D eigenvalue weighted by Gasteiger charge is 2.02. The van der Waals surface area contributed by atoms with Crippen LogP contribution in [0.4, 0.5) is 0 Å². The second-order valence-electron chi connectivity index (χ2n) is 5.28. The third-order valence-corrected chi connectivity index (χ3v) is 3.78. The Morgan fingerprint density at radius 1 is 0.905 bits per heavy atom. The van der Waals surface area contributed by atoms with Crippen molar-refractivity contribution in [3.63, 3.8) is 0 Å². The lowest BCUT2D eigenvalue weighted by atomic mass is 10.0. The van der Waals surface area contributed by atoms with Gasteiger partial charge < -0.3 is 0 Å². The zero-order chi connectivity index (χ0) is 14.7. The molecule has 3 aromatic rings. The molecular formula is C20H19N. The number of rotatable bonds is 3. The summed E-state index contributed by atoms with van der Waals surface area (Å²) >= 11 is 0. The quantitative estimate of drug-likeness (QED) is 0.592. The van der Waals surface area contributed by atoms with E-state index in [0.717, 1.165) is 17.6 Å². The van der Waals surface area contributed by atoms with Crippen LogP contribution in [0.5, 0.6) is 0 Å². The van der Waals surface area contributed by atoms with Gasteiger partial charge in [0, 0.05) is 11.1 Å². The summed E-state index contributed by atoms with van der Waals surface area (Å²) < 4.78 is 0. The van der Waals surface area contributed by atoms with Crippen LogP contribution in [0.3, 0.4) is 0 Å². The van der Waals surface area contributed by atoms with Gasteiger partial charge in [0.2, 0.25) is 0 Å². The SMILES string of the molecule is CCc1cc2cc(/C=C/c3ccccc3)ccc2nc1C. The summed E-state index contributed by atoms with van der Waals surface area (Å²) in [5, 5.41) is 1.22. The van der Waals surface area contributed by atoms with Crippen LogP contribution in [-0.2, 0) is 6.42 Å². The number of pyridine rings is 1. The van der Waals surface area contributed by atoms with Crippen LogP contribution < -0.4 is 0 Å². The molecule has 0 bridgehead atoms. The monoisotopic (exact) mass is 273 g/mol. The lowest BCUT2D eigenvalue weighted by Gasteiger charge is -2.06. The van der Waals surface area contributed by atoms with Crippen LogP contribution in [0, 0.1) is 6.92 Å². The summed E-state index contributed by atoms with van der Waals surface area (Å²) in [6.07, 6.45) is 5.32. The molecule has 1 heteroatoms. The van der Waals surface area contributed by atoms with E-state index >= 15 is 0 Å². The molecule has 2 aromatic carbocycles. The first-order chi connectivity index (χ1) is 10.3. The van der Waals surface area contributed by atoms with Crippen LogP contribution in [0.15, 0.2) is 54.6 Å². The summed E-state index contributed by atoms with van der Waals surface area (Å²) in [5.74, 6) is 0. The molecule has 104 valence electrons. The average Bonchev–Trinajstić information content (AvgIpc) is 2.53. The Bertz CT molecular complexity index is 786. The van der Waals surface area contributed by atoms with Crippen molar-refractivity contribution in [2.75, 3.05) is 0 Å². The van der Waals surface area contributed by atoms with Crippen molar-refractivity contribution in [1.82, 2.24) is 4.98 Å². The van der Waals surface area contributed by atoms with E-state index in [-0.39, 0.29) is 0 Å². The van der Waals surface area contributed by atoms with Gasteiger partial charge in [-0.25, -0.2) is 0 Å². The molecule has 3 rings (SSSR count). The zero-order valence-corrected chi connectivity index (χ0v) is 12.5. The minimum absolute atomic E-state index is 1.03. The van der Waals surface area contributed by atoms with Gasteiger partial charge in [-0.1, -0.05) is 55.5 Å². The number of benzene rings is 2. The van der Waals surface area contributed by atoms with Gasteiger partial charge in [-0.3, -0.25) is 4.98 Å². The van der Waals surface area contributed by atoms with E-state index in [0.29, 0.717) is 0 Å². The van der Waals surface area contributed by atoms with Gasteiger partial charge in [0.1, 0.15) is 0 Å². The summed E-state index contributed by atoms with van der Waals surface area (Å²) in [5.41, 5.74) is 5.96. The van der Waals surface area contributed by atoms with E-state index in [1.54, 1.807) is 0 Å². The Kier molecular flexibility index (Phi) is 3.83. The molecule has 0 saturated heterocycles. The molecule has 1 aromatic heterocycles. The lowest BCUT2D eigenvalue weighted by Crippen LogP contribution is -1.92. The molecule has 0 aliphatic heterocycles. The first-order valence-electron chi connectivity index (χ1n) is 7.39. The highest BCUT2D eigenvalue weighted by atomic mass is 14.7. The van der Waals surface area contributed by atoms with Crippen molar-refractivity contribution in [2.24, 2.45) is 0 Å². The highest BCUT2D eigenvalue weighted by Crippen LogP contribution is 2.20. The highest BCUT2D eigenvalue weighted by molar-refractivity contribution is 5.84. The minimum atomic E-state index is 1.03. The Morgan fingerprint density at radius 3 is 2.43 bits per heavy atom. The number of aryl methyl sites for hydroxylation is 2. The smallest absolute Gasteiger partial charge is 0.0705 e. The molecule has 0 radical (unpaired) electrons. The lowest BCUT2D eigenvalue weighted by molar-refractivity contribution is 1.07. The molecule has 0 aliphatic rings. The average molecular weight is 273 g/mol. The van der Waals surface area contributed by atoms with Crippen LogP contribution in [0.25, 0.3) is 23.1 Å². The topological polar surface area (TPSA) is 12.9 Å². The predicted octanol–water partition coefficient (Wildman–Crippen LogP) is 5.28. The summed E-state index contributed by atoms with van der Waals surface area (Å²) in [6, 6.07) is 19.1. The fourth-order valence-corrected chi connectivity index (χ4v) is 2.55. The number of hydrogen-bond donors (Lipinski definition) is 0. The molecule has 1 heterocycles. The fraction of sp³-hybridized carbons (Fsp3) is 0.150. The molecule has 0 unspecified atom stereocenters. The van der Waals surface area contributed by atoms with Gasteiger partial charge in [-0.15, -0.1) is 0 Å². The largest absolute Gasteiger partial charge is 0.253 e. The molecule has 0 saturated carbocycles. The summed E-state index contributed by atoms with van der Waals surface area (Å²) in [4.78, 5) is 4.68. The molecule has 0 spiro atoms. The minimum Gasteiger partial charge on any atom is -0.253 e. The number of aromatic nitrogens is 1. The molecule has 0 amide bonds. The first kappa shape index (κ1) is 13.6. The number of hydrogen-bond acceptors (Lipinski definition) is 1. The maximum Gasteiger partial charge on any atom is 0.0705 e. The molecule has 0 N–H and O–H groups in total. The number of fused-ring (bicyclic) bond motifs is 1. The maximum atomic E-state index is 4.68. The van der Waals surface area contributed by atoms with E-state index in [9.17, 15) is 0 Å². The number of nitrogens with zero attached hydrogens (tertiary/aromatic N) is 1. The molecule has 1 nitrogen and oxygen atoms in total. The van der Waals surface area contributed by atoms with E-state index in [1.165, 1.54) is 22.1 Å². The van der Waals surface area contributed by atoms with Crippen LogP contribution in [0.2, 0.25) is 0 Å². The molecule has 0 atom stereocenters. The van der Waals surface area contributed by atoms with E-state index < -0.39 is 0 Å².